The standard InChI is InChI=1S/C18H18Cl3NO3/c1-18(2,3)25-17(24)22-14-8-7-10(19)9-12(14)16(23)11-5-4-6-13(20)15(11)21/h4-9,16,23H,1-3H3,(H,22,24). The fourth-order valence-corrected chi connectivity index (χ4v) is 2.78. The SMILES string of the molecule is CC(C)(C)OC(=O)Nc1ccc(Cl)cc1C(O)c1cccc(Cl)c1Cl. The minimum atomic E-state index is -1.13. The Balaban J connectivity index is 2.38. The van der Waals surface area contributed by atoms with Crippen molar-refractivity contribution in [3.8, 4) is 0 Å². The highest BCUT2D eigenvalue weighted by Gasteiger charge is 2.22. The van der Waals surface area contributed by atoms with Crippen LogP contribution in [0.3, 0.4) is 0 Å². The molecule has 7 heteroatoms. The minimum Gasteiger partial charge on any atom is -0.444 e. The van der Waals surface area contributed by atoms with Crippen LogP contribution in [0.4, 0.5) is 10.5 Å². The number of hydrogen-bond acceptors (Lipinski definition) is 3. The quantitative estimate of drug-likeness (QED) is 0.654. The van der Waals surface area contributed by atoms with E-state index in [1.165, 1.54) is 0 Å². The maximum absolute atomic E-state index is 12.1. The van der Waals surface area contributed by atoms with E-state index in [0.717, 1.165) is 0 Å². The number of benzene rings is 2. The van der Waals surface area contributed by atoms with Crippen LogP contribution in [0, 0.1) is 0 Å². The molecule has 1 unspecified atom stereocenters. The molecule has 0 saturated carbocycles. The Morgan fingerprint density at radius 2 is 1.80 bits per heavy atom. The number of amides is 1. The van der Waals surface area contributed by atoms with Crippen LogP contribution in [0.2, 0.25) is 15.1 Å². The number of hydrogen-bond donors (Lipinski definition) is 2. The van der Waals surface area contributed by atoms with Crippen LogP contribution in [0.15, 0.2) is 36.4 Å². The number of carbonyl (C=O) groups excluding carboxylic acids is 1. The van der Waals surface area contributed by atoms with Crippen LogP contribution in [0.1, 0.15) is 38.0 Å². The molecule has 0 radical (unpaired) electrons. The molecule has 0 aliphatic heterocycles. The lowest BCUT2D eigenvalue weighted by Gasteiger charge is -2.22. The molecule has 25 heavy (non-hydrogen) atoms. The number of halogens is 3. The molecule has 0 bridgehead atoms. The van der Waals surface area contributed by atoms with Gasteiger partial charge in [0, 0.05) is 16.1 Å². The molecule has 134 valence electrons. The Bertz CT molecular complexity index is 788. The van der Waals surface area contributed by atoms with E-state index in [1.54, 1.807) is 57.2 Å². The minimum absolute atomic E-state index is 0.236. The zero-order chi connectivity index (χ0) is 18.8. The summed E-state index contributed by atoms with van der Waals surface area (Å²) in [5.74, 6) is 0. The summed E-state index contributed by atoms with van der Waals surface area (Å²) < 4.78 is 5.24. The normalized spacial score (nSPS) is 12.6. The van der Waals surface area contributed by atoms with Crippen molar-refractivity contribution in [1.29, 1.82) is 0 Å². The van der Waals surface area contributed by atoms with Crippen LogP contribution in [-0.4, -0.2) is 16.8 Å². The second-order valence-corrected chi connectivity index (χ2v) is 7.63. The Morgan fingerprint density at radius 1 is 1.12 bits per heavy atom. The van der Waals surface area contributed by atoms with Crippen molar-refractivity contribution < 1.29 is 14.6 Å². The van der Waals surface area contributed by atoms with Crippen molar-refractivity contribution in [2.45, 2.75) is 32.5 Å². The van der Waals surface area contributed by atoms with Gasteiger partial charge in [0.05, 0.1) is 15.7 Å². The second kappa shape index (κ2) is 7.83. The summed E-state index contributed by atoms with van der Waals surface area (Å²) in [5.41, 5.74) is 0.499. The van der Waals surface area contributed by atoms with Gasteiger partial charge in [-0.3, -0.25) is 5.32 Å². The van der Waals surface area contributed by atoms with Gasteiger partial charge in [-0.25, -0.2) is 4.79 Å². The first-order valence-electron chi connectivity index (χ1n) is 7.50. The van der Waals surface area contributed by atoms with E-state index < -0.39 is 17.8 Å². The first kappa shape index (κ1) is 19.9. The average molecular weight is 403 g/mol. The first-order chi connectivity index (χ1) is 11.6. The molecule has 1 amide bonds. The summed E-state index contributed by atoms with van der Waals surface area (Å²) in [4.78, 5) is 12.1. The maximum Gasteiger partial charge on any atom is 0.412 e. The topological polar surface area (TPSA) is 58.6 Å². The fraction of sp³-hybridized carbons (Fsp3) is 0.278. The summed E-state index contributed by atoms with van der Waals surface area (Å²) in [5, 5.41) is 14.3. The van der Waals surface area contributed by atoms with Gasteiger partial charge in [0.1, 0.15) is 11.7 Å². The van der Waals surface area contributed by atoms with Crippen molar-refractivity contribution in [3.63, 3.8) is 0 Å². The predicted molar refractivity (Wildman–Crippen MR) is 102 cm³/mol. The van der Waals surface area contributed by atoms with Gasteiger partial charge in [0.25, 0.3) is 0 Å². The number of aliphatic hydroxyl groups excluding tert-OH is 1. The fourth-order valence-electron chi connectivity index (χ4n) is 2.19. The van der Waals surface area contributed by atoms with Gasteiger partial charge in [-0.15, -0.1) is 0 Å². The summed E-state index contributed by atoms with van der Waals surface area (Å²) >= 11 is 18.2. The summed E-state index contributed by atoms with van der Waals surface area (Å²) in [6.45, 7) is 5.28. The summed E-state index contributed by atoms with van der Waals surface area (Å²) in [7, 11) is 0. The molecule has 0 spiro atoms. The lowest BCUT2D eigenvalue weighted by atomic mass is 9.99. The molecular formula is C18H18Cl3NO3. The Labute approximate surface area is 161 Å². The highest BCUT2D eigenvalue weighted by atomic mass is 35.5. The molecular weight excluding hydrogens is 385 g/mol. The third kappa shape index (κ3) is 5.25. The third-order valence-corrected chi connectivity index (χ3v) is 4.29. The molecule has 0 aliphatic carbocycles. The van der Waals surface area contributed by atoms with Crippen LogP contribution in [0.5, 0.6) is 0 Å². The van der Waals surface area contributed by atoms with Crippen molar-refractivity contribution in [1.82, 2.24) is 0 Å². The highest BCUT2D eigenvalue weighted by Crippen LogP contribution is 2.36. The van der Waals surface area contributed by atoms with E-state index >= 15 is 0 Å². The van der Waals surface area contributed by atoms with Gasteiger partial charge >= 0.3 is 6.09 Å². The molecule has 0 aliphatic rings. The number of nitrogens with one attached hydrogen (secondary N) is 1. The number of carbonyl (C=O) groups is 1. The smallest absolute Gasteiger partial charge is 0.412 e. The zero-order valence-electron chi connectivity index (χ0n) is 13.9. The lowest BCUT2D eigenvalue weighted by Crippen LogP contribution is -2.27. The van der Waals surface area contributed by atoms with Crippen molar-refractivity contribution >= 4 is 46.6 Å². The molecule has 0 heterocycles. The molecule has 0 saturated heterocycles. The van der Waals surface area contributed by atoms with Crippen LogP contribution in [-0.2, 0) is 4.74 Å². The van der Waals surface area contributed by atoms with E-state index in [9.17, 15) is 9.90 Å². The van der Waals surface area contributed by atoms with E-state index in [1.807, 2.05) is 0 Å². The van der Waals surface area contributed by atoms with Crippen LogP contribution < -0.4 is 5.32 Å². The monoisotopic (exact) mass is 401 g/mol. The van der Waals surface area contributed by atoms with Gasteiger partial charge in [-0.05, 0) is 45.0 Å². The first-order valence-corrected chi connectivity index (χ1v) is 8.63. The average Bonchev–Trinajstić information content (AvgIpc) is 2.49. The molecule has 2 aromatic rings. The van der Waals surface area contributed by atoms with E-state index in [2.05, 4.69) is 5.32 Å². The molecule has 0 aromatic heterocycles. The molecule has 0 fully saturated rings. The number of rotatable bonds is 3. The van der Waals surface area contributed by atoms with Crippen LogP contribution >= 0.6 is 34.8 Å². The Kier molecular flexibility index (Phi) is 6.22. The Morgan fingerprint density at radius 3 is 2.44 bits per heavy atom. The van der Waals surface area contributed by atoms with Crippen molar-refractivity contribution in [2.24, 2.45) is 0 Å². The summed E-state index contributed by atoms with van der Waals surface area (Å²) in [6.07, 6.45) is -1.77. The molecule has 1 atom stereocenters. The molecule has 2 aromatic carbocycles. The number of anilines is 1. The molecule has 4 nitrogen and oxygen atoms in total. The molecule has 2 rings (SSSR count). The van der Waals surface area contributed by atoms with E-state index in [0.29, 0.717) is 26.9 Å². The van der Waals surface area contributed by atoms with Gasteiger partial charge in [0.15, 0.2) is 0 Å². The van der Waals surface area contributed by atoms with Gasteiger partial charge in [0.2, 0.25) is 0 Å². The lowest BCUT2D eigenvalue weighted by molar-refractivity contribution is 0.0635. The second-order valence-electron chi connectivity index (χ2n) is 6.40. The van der Waals surface area contributed by atoms with E-state index in [4.69, 9.17) is 39.5 Å². The predicted octanol–water partition coefficient (Wildman–Crippen LogP) is 6.08. The number of aliphatic hydroxyl groups is 1. The molecule has 2 N–H and O–H groups in total. The largest absolute Gasteiger partial charge is 0.444 e. The maximum atomic E-state index is 12.1. The highest BCUT2D eigenvalue weighted by molar-refractivity contribution is 6.42. The Hall–Kier alpha value is -1.46. The zero-order valence-corrected chi connectivity index (χ0v) is 16.2. The summed E-state index contributed by atoms with van der Waals surface area (Å²) in [6, 6.07) is 9.69. The van der Waals surface area contributed by atoms with Crippen LogP contribution in [0.25, 0.3) is 0 Å². The van der Waals surface area contributed by atoms with Crippen molar-refractivity contribution in [2.75, 3.05) is 5.32 Å². The van der Waals surface area contributed by atoms with Gasteiger partial charge in [-0.2, -0.15) is 0 Å². The number of ether oxygens (including phenoxy) is 1. The third-order valence-electron chi connectivity index (χ3n) is 3.22. The van der Waals surface area contributed by atoms with Gasteiger partial charge < -0.3 is 9.84 Å². The van der Waals surface area contributed by atoms with Crippen molar-refractivity contribution in [3.05, 3.63) is 62.6 Å². The van der Waals surface area contributed by atoms with E-state index in [-0.39, 0.29) is 5.02 Å². The van der Waals surface area contributed by atoms with Gasteiger partial charge in [-0.1, -0.05) is 46.9 Å².